The van der Waals surface area contributed by atoms with E-state index in [-0.39, 0.29) is 39.8 Å². The molecule has 2 aromatic heterocycles. The average Bonchev–Trinajstić information content (AvgIpc) is 2.92. The van der Waals surface area contributed by atoms with Gasteiger partial charge in [0.1, 0.15) is 11.6 Å². The van der Waals surface area contributed by atoms with Crippen molar-refractivity contribution in [3.8, 4) is 0 Å². The predicted molar refractivity (Wildman–Crippen MR) is 128 cm³/mol. The minimum atomic E-state index is -4.56. The molecular formula is C21H26F3N7O2S. The molecule has 3 amide bonds. The first-order chi connectivity index (χ1) is 15.7. The highest BCUT2D eigenvalue weighted by atomic mass is 32.1. The Hall–Kier alpha value is -3.48. The predicted octanol–water partition coefficient (Wildman–Crippen LogP) is 3.27. The van der Waals surface area contributed by atoms with Crippen LogP contribution in [-0.4, -0.2) is 40.1 Å². The van der Waals surface area contributed by atoms with Crippen LogP contribution < -0.4 is 26.6 Å². The lowest BCUT2D eigenvalue weighted by molar-refractivity contribution is -0.138. The summed E-state index contributed by atoms with van der Waals surface area (Å²) in [5.74, 6) is 0.204. The first-order valence-corrected chi connectivity index (χ1v) is 10.4. The van der Waals surface area contributed by atoms with Crippen LogP contribution in [0.4, 0.5) is 35.3 Å². The van der Waals surface area contributed by atoms with Gasteiger partial charge in [-0.05, 0) is 69.1 Å². The number of rotatable bonds is 2. The van der Waals surface area contributed by atoms with Gasteiger partial charge in [0, 0.05) is 18.8 Å². The first-order valence-electron chi connectivity index (χ1n) is 9.97. The zero-order valence-electron chi connectivity index (χ0n) is 19.3. The molecule has 0 fully saturated rings. The molecule has 34 heavy (non-hydrogen) atoms. The van der Waals surface area contributed by atoms with Crippen molar-refractivity contribution >= 4 is 47.1 Å². The number of likely N-dealkylation sites (N-methyl/N-ethyl adjacent to an activating group) is 1. The Morgan fingerprint density at radius 2 is 1.85 bits per heavy atom. The summed E-state index contributed by atoms with van der Waals surface area (Å²) < 4.78 is 39.5. The number of thiocarbonyl (C=S) groups is 1. The number of anilines is 3. The van der Waals surface area contributed by atoms with Crippen molar-refractivity contribution in [3.63, 3.8) is 0 Å². The third-order valence-electron chi connectivity index (χ3n) is 5.65. The van der Waals surface area contributed by atoms with E-state index in [2.05, 4.69) is 39.8 Å². The molecule has 2 aromatic rings. The zero-order valence-corrected chi connectivity index (χ0v) is 20.1. The van der Waals surface area contributed by atoms with Crippen molar-refractivity contribution in [3.05, 3.63) is 40.7 Å². The van der Waals surface area contributed by atoms with Gasteiger partial charge in [-0.3, -0.25) is 10.1 Å². The summed E-state index contributed by atoms with van der Waals surface area (Å²) in [6.45, 7) is 6.93. The SMILES string of the molecule is Cc1c(C(F)(F)F)cnc(N(C(=O)Nc2cc3c(cn2)N(C)C(C)(C)C3)C(N)=S)c1C.NC=O. The second kappa shape index (κ2) is 9.79. The highest BCUT2D eigenvalue weighted by molar-refractivity contribution is 7.80. The van der Waals surface area contributed by atoms with Crippen LogP contribution in [0, 0.1) is 13.8 Å². The van der Waals surface area contributed by atoms with Gasteiger partial charge in [0.2, 0.25) is 6.41 Å². The monoisotopic (exact) mass is 497 g/mol. The molecule has 13 heteroatoms. The van der Waals surface area contributed by atoms with Crippen molar-refractivity contribution in [2.75, 3.05) is 22.2 Å². The van der Waals surface area contributed by atoms with Gasteiger partial charge in [-0.1, -0.05) is 0 Å². The number of urea groups is 1. The molecule has 9 nitrogen and oxygen atoms in total. The van der Waals surface area contributed by atoms with Crippen molar-refractivity contribution in [1.82, 2.24) is 9.97 Å². The van der Waals surface area contributed by atoms with Crippen molar-refractivity contribution in [2.45, 2.75) is 45.8 Å². The average molecular weight is 498 g/mol. The molecular weight excluding hydrogens is 471 g/mol. The number of carbonyl (C=O) groups excluding carboxylic acids is 2. The van der Waals surface area contributed by atoms with Gasteiger partial charge in [-0.15, -0.1) is 0 Å². The minimum absolute atomic E-state index is 0.0625. The van der Waals surface area contributed by atoms with E-state index >= 15 is 0 Å². The van der Waals surface area contributed by atoms with Gasteiger partial charge in [-0.2, -0.15) is 13.2 Å². The van der Waals surface area contributed by atoms with Crippen molar-refractivity contribution in [2.24, 2.45) is 11.5 Å². The van der Waals surface area contributed by atoms with Gasteiger partial charge in [-0.25, -0.2) is 19.7 Å². The van der Waals surface area contributed by atoms with Crippen molar-refractivity contribution in [1.29, 1.82) is 0 Å². The number of aromatic nitrogens is 2. The molecule has 0 unspecified atom stereocenters. The summed E-state index contributed by atoms with van der Waals surface area (Å²) in [6.07, 6.45) is -1.22. The molecule has 0 bridgehead atoms. The summed E-state index contributed by atoms with van der Waals surface area (Å²) in [5.41, 5.74) is 11.0. The number of amides is 3. The third kappa shape index (κ3) is 5.35. The molecule has 0 radical (unpaired) electrons. The minimum Gasteiger partial charge on any atom is -0.375 e. The maximum atomic E-state index is 13.2. The number of nitrogens with zero attached hydrogens (tertiary/aromatic N) is 4. The molecule has 3 rings (SSSR count). The summed E-state index contributed by atoms with van der Waals surface area (Å²) in [4.78, 5) is 32.6. The molecule has 184 valence electrons. The number of nitrogens with two attached hydrogens (primary N) is 2. The second-order valence-electron chi connectivity index (χ2n) is 8.23. The Balaban J connectivity index is 0.00000129. The molecule has 0 spiro atoms. The molecule has 5 N–H and O–H groups in total. The van der Waals surface area contributed by atoms with E-state index in [9.17, 15) is 18.0 Å². The fraction of sp³-hybridized carbons (Fsp3) is 0.381. The number of hydrogen-bond donors (Lipinski definition) is 3. The molecule has 1 aliphatic heterocycles. The zero-order chi connectivity index (χ0) is 26.0. The van der Waals surface area contributed by atoms with Crippen LogP contribution >= 0.6 is 12.2 Å². The second-order valence-corrected chi connectivity index (χ2v) is 8.65. The number of halogens is 3. The van der Waals surface area contributed by atoms with E-state index in [4.69, 9.17) is 22.7 Å². The number of primary amides is 1. The van der Waals surface area contributed by atoms with Crippen molar-refractivity contribution < 1.29 is 22.8 Å². The first kappa shape index (κ1) is 26.8. The van der Waals surface area contributed by atoms with Crippen LogP contribution in [0.25, 0.3) is 0 Å². The van der Waals surface area contributed by atoms with Gasteiger partial charge >= 0.3 is 12.2 Å². The van der Waals surface area contributed by atoms with E-state index in [1.807, 2.05) is 7.05 Å². The number of pyridine rings is 2. The number of fused-ring (bicyclic) bond motifs is 1. The van der Waals surface area contributed by atoms with Gasteiger partial charge in [0.05, 0.1) is 17.4 Å². The lowest BCUT2D eigenvalue weighted by atomic mass is 10.00. The smallest absolute Gasteiger partial charge is 0.375 e. The number of hydrogen-bond acceptors (Lipinski definition) is 6. The molecule has 0 aromatic carbocycles. The van der Waals surface area contributed by atoms with Gasteiger partial charge < -0.3 is 16.4 Å². The van der Waals surface area contributed by atoms with Crippen LogP contribution in [0.3, 0.4) is 0 Å². The Morgan fingerprint density at radius 1 is 1.26 bits per heavy atom. The van der Waals surface area contributed by atoms with Crippen LogP contribution in [0.15, 0.2) is 18.5 Å². The quantitative estimate of drug-likeness (QED) is 0.429. The lowest BCUT2D eigenvalue weighted by Gasteiger charge is -2.29. The molecule has 1 aliphatic rings. The molecule has 0 aliphatic carbocycles. The fourth-order valence-corrected chi connectivity index (χ4v) is 3.75. The third-order valence-corrected chi connectivity index (χ3v) is 5.83. The molecule has 3 heterocycles. The number of alkyl halides is 3. The van der Waals surface area contributed by atoms with Crippen LogP contribution in [-0.2, 0) is 17.4 Å². The van der Waals surface area contributed by atoms with Crippen LogP contribution in [0.1, 0.15) is 36.1 Å². The highest BCUT2D eigenvalue weighted by Gasteiger charge is 2.36. The summed E-state index contributed by atoms with van der Waals surface area (Å²) in [7, 11) is 1.97. The highest BCUT2D eigenvalue weighted by Crippen LogP contribution is 2.38. The normalized spacial score (nSPS) is 13.9. The topological polar surface area (TPSA) is 130 Å². The van der Waals surface area contributed by atoms with Crippen LogP contribution in [0.5, 0.6) is 0 Å². The molecule has 0 atom stereocenters. The van der Waals surface area contributed by atoms with Gasteiger partial charge in [0.15, 0.2) is 5.11 Å². The molecule has 0 saturated carbocycles. The van der Waals surface area contributed by atoms with E-state index in [1.54, 1.807) is 12.3 Å². The maximum Gasteiger partial charge on any atom is 0.418 e. The number of carbonyl (C=O) groups is 2. The summed E-state index contributed by atoms with van der Waals surface area (Å²) in [5, 5.41) is 2.26. The largest absolute Gasteiger partial charge is 0.418 e. The Kier molecular flexibility index (Phi) is 7.71. The fourth-order valence-electron chi connectivity index (χ4n) is 3.58. The Labute approximate surface area is 200 Å². The van der Waals surface area contributed by atoms with E-state index in [0.717, 1.165) is 22.6 Å². The summed E-state index contributed by atoms with van der Waals surface area (Å²) >= 11 is 4.98. The Bertz CT molecular complexity index is 1120. The van der Waals surface area contributed by atoms with Crippen LogP contribution in [0.2, 0.25) is 0 Å². The molecule has 0 saturated heterocycles. The lowest BCUT2D eigenvalue weighted by Crippen LogP contribution is -2.44. The standard InChI is InChI=1S/C20H23F3N6OS.CH3NO/c1-10-11(2)16(26-8-13(10)20(21,22)23)29(17(24)31)18(30)27-15-6-12-7-19(3,4)28(5)14(12)9-25-15;2-1-3/h6,8-9H,7H2,1-5H3,(H2,24,31)(H,25,27,30);1H,(H2,2,3). The van der Waals surface area contributed by atoms with E-state index in [0.29, 0.717) is 6.20 Å². The summed E-state index contributed by atoms with van der Waals surface area (Å²) in [6, 6.07) is 0.995. The Morgan fingerprint density at radius 3 is 2.38 bits per heavy atom. The van der Waals surface area contributed by atoms with E-state index < -0.39 is 17.8 Å². The maximum absolute atomic E-state index is 13.2. The van der Waals surface area contributed by atoms with E-state index in [1.165, 1.54) is 13.8 Å². The number of nitrogens with one attached hydrogen (secondary N) is 1. The van der Waals surface area contributed by atoms with Gasteiger partial charge in [0.25, 0.3) is 0 Å².